The minimum absolute atomic E-state index is 0.693. The molecule has 0 aliphatic carbocycles. The summed E-state index contributed by atoms with van der Waals surface area (Å²) in [7, 11) is 0. The third-order valence-electron chi connectivity index (χ3n) is 2.78. The number of aromatic nitrogens is 1. The molecule has 0 atom stereocenters. The summed E-state index contributed by atoms with van der Waals surface area (Å²) in [6, 6.07) is 16.2. The van der Waals surface area contributed by atoms with Crippen molar-refractivity contribution in [3.05, 3.63) is 59.8 Å². The van der Waals surface area contributed by atoms with Gasteiger partial charge in [-0.15, -0.1) is 0 Å². The van der Waals surface area contributed by atoms with Crippen LogP contribution in [0.1, 0.15) is 17.7 Å². The molecule has 3 nitrogen and oxygen atoms in total. The van der Waals surface area contributed by atoms with E-state index >= 15 is 0 Å². The van der Waals surface area contributed by atoms with Crippen LogP contribution in [0.25, 0.3) is 0 Å². The molecule has 0 fully saturated rings. The minimum Gasteiger partial charge on any atom is -0.478 e. The molecular weight excluding hydrogens is 236 g/mol. The smallest absolute Gasteiger partial charge is 0.213 e. The summed E-state index contributed by atoms with van der Waals surface area (Å²) in [5.74, 6) is 0.711. The van der Waals surface area contributed by atoms with Crippen molar-refractivity contribution in [1.82, 2.24) is 10.3 Å². The quantitative estimate of drug-likeness (QED) is 0.773. The number of benzene rings is 1. The molecule has 0 saturated carbocycles. The van der Waals surface area contributed by atoms with Crippen molar-refractivity contribution in [2.45, 2.75) is 19.9 Å². The molecule has 1 aromatic heterocycles. The van der Waals surface area contributed by atoms with Crippen molar-refractivity contribution in [2.24, 2.45) is 0 Å². The van der Waals surface area contributed by atoms with Crippen molar-refractivity contribution in [3.8, 4) is 5.88 Å². The minimum atomic E-state index is 0.693. The Bertz CT molecular complexity index is 485. The zero-order valence-electron chi connectivity index (χ0n) is 11.3. The van der Waals surface area contributed by atoms with Crippen molar-refractivity contribution in [3.63, 3.8) is 0 Å². The van der Waals surface area contributed by atoms with Gasteiger partial charge in [0.15, 0.2) is 0 Å². The van der Waals surface area contributed by atoms with Crippen LogP contribution in [0.3, 0.4) is 0 Å². The first-order chi connectivity index (χ1) is 9.34. The van der Waals surface area contributed by atoms with E-state index in [1.165, 1.54) is 5.56 Å². The fourth-order valence-electron chi connectivity index (χ4n) is 1.80. The number of hydrogen-bond donors (Lipinski definition) is 1. The van der Waals surface area contributed by atoms with Gasteiger partial charge >= 0.3 is 0 Å². The number of ether oxygens (including phenoxy) is 1. The monoisotopic (exact) mass is 256 g/mol. The third kappa shape index (κ3) is 5.10. The normalized spacial score (nSPS) is 10.4. The average Bonchev–Trinajstić information content (AvgIpc) is 2.44. The summed E-state index contributed by atoms with van der Waals surface area (Å²) in [6.45, 7) is 4.51. The van der Waals surface area contributed by atoms with Gasteiger partial charge in [-0.2, -0.15) is 0 Å². The van der Waals surface area contributed by atoms with Crippen LogP contribution in [0.2, 0.25) is 0 Å². The first-order valence-electron chi connectivity index (χ1n) is 6.66. The van der Waals surface area contributed by atoms with Gasteiger partial charge in [-0.05, 0) is 31.5 Å². The molecule has 0 bridgehead atoms. The predicted octanol–water partition coefficient (Wildman–Crippen LogP) is 2.95. The van der Waals surface area contributed by atoms with Gasteiger partial charge in [-0.3, -0.25) is 0 Å². The van der Waals surface area contributed by atoms with Crippen LogP contribution >= 0.6 is 0 Å². The molecule has 3 heteroatoms. The number of nitrogens with zero attached hydrogens (tertiary/aromatic N) is 1. The van der Waals surface area contributed by atoms with E-state index in [0.29, 0.717) is 12.5 Å². The lowest BCUT2D eigenvalue weighted by atomic mass is 10.2. The second-order valence-corrected chi connectivity index (χ2v) is 4.48. The Balaban J connectivity index is 1.58. The average molecular weight is 256 g/mol. The lowest BCUT2D eigenvalue weighted by molar-refractivity contribution is 0.296. The molecule has 0 spiro atoms. The SMILES string of the molecule is Cc1cccc(OCCCNCc2ccccc2)n1. The molecule has 0 radical (unpaired) electrons. The Hall–Kier alpha value is -1.87. The van der Waals surface area contributed by atoms with Gasteiger partial charge in [0.25, 0.3) is 0 Å². The molecule has 1 aromatic carbocycles. The molecule has 1 N–H and O–H groups in total. The molecule has 100 valence electrons. The van der Waals surface area contributed by atoms with E-state index in [-0.39, 0.29) is 0 Å². The highest BCUT2D eigenvalue weighted by Gasteiger charge is 1.95. The van der Waals surface area contributed by atoms with E-state index in [0.717, 1.165) is 25.2 Å². The number of aryl methyl sites for hydroxylation is 1. The summed E-state index contributed by atoms with van der Waals surface area (Å²) in [4.78, 5) is 4.30. The first kappa shape index (κ1) is 13.6. The molecule has 0 aliphatic rings. The molecular formula is C16H20N2O. The second-order valence-electron chi connectivity index (χ2n) is 4.48. The van der Waals surface area contributed by atoms with Crippen LogP contribution < -0.4 is 10.1 Å². The van der Waals surface area contributed by atoms with E-state index < -0.39 is 0 Å². The van der Waals surface area contributed by atoms with Crippen molar-refractivity contribution in [2.75, 3.05) is 13.2 Å². The Labute approximate surface area is 114 Å². The predicted molar refractivity (Wildman–Crippen MR) is 77.2 cm³/mol. The van der Waals surface area contributed by atoms with Gasteiger partial charge in [-0.1, -0.05) is 36.4 Å². The molecule has 0 unspecified atom stereocenters. The molecule has 0 aliphatic heterocycles. The summed E-state index contributed by atoms with van der Waals surface area (Å²) >= 11 is 0. The number of pyridine rings is 1. The van der Waals surface area contributed by atoms with E-state index in [1.54, 1.807) is 0 Å². The fraction of sp³-hybridized carbons (Fsp3) is 0.312. The standard InChI is InChI=1S/C16H20N2O/c1-14-7-5-10-16(18-14)19-12-6-11-17-13-15-8-3-2-4-9-15/h2-5,7-10,17H,6,11-13H2,1H3. The Morgan fingerprint density at radius 2 is 1.89 bits per heavy atom. The first-order valence-corrected chi connectivity index (χ1v) is 6.66. The van der Waals surface area contributed by atoms with Gasteiger partial charge < -0.3 is 10.1 Å². The lowest BCUT2D eigenvalue weighted by Crippen LogP contribution is -2.17. The highest BCUT2D eigenvalue weighted by molar-refractivity contribution is 5.15. The number of rotatable bonds is 7. The highest BCUT2D eigenvalue weighted by Crippen LogP contribution is 2.06. The van der Waals surface area contributed by atoms with Gasteiger partial charge in [0.1, 0.15) is 0 Å². The maximum atomic E-state index is 5.59. The van der Waals surface area contributed by atoms with Crippen LogP contribution in [0.15, 0.2) is 48.5 Å². The Kier molecular flexibility index (Phi) is 5.38. The molecule has 2 rings (SSSR count). The largest absolute Gasteiger partial charge is 0.478 e. The Morgan fingerprint density at radius 1 is 1.05 bits per heavy atom. The zero-order chi connectivity index (χ0) is 13.3. The second kappa shape index (κ2) is 7.54. The van der Waals surface area contributed by atoms with Gasteiger partial charge in [-0.25, -0.2) is 4.98 Å². The van der Waals surface area contributed by atoms with E-state index in [1.807, 2.05) is 31.2 Å². The summed E-state index contributed by atoms with van der Waals surface area (Å²) < 4.78 is 5.59. The van der Waals surface area contributed by atoms with Gasteiger partial charge in [0.05, 0.1) is 6.61 Å². The lowest BCUT2D eigenvalue weighted by Gasteiger charge is -2.07. The van der Waals surface area contributed by atoms with Gasteiger partial charge in [0, 0.05) is 18.3 Å². The van der Waals surface area contributed by atoms with Crippen LogP contribution in [0, 0.1) is 6.92 Å². The van der Waals surface area contributed by atoms with E-state index in [9.17, 15) is 0 Å². The third-order valence-corrected chi connectivity index (χ3v) is 2.78. The zero-order valence-corrected chi connectivity index (χ0v) is 11.3. The maximum Gasteiger partial charge on any atom is 0.213 e. The van der Waals surface area contributed by atoms with E-state index in [2.05, 4.69) is 34.6 Å². The van der Waals surface area contributed by atoms with Gasteiger partial charge in [0.2, 0.25) is 5.88 Å². The van der Waals surface area contributed by atoms with Crippen LogP contribution in [0.4, 0.5) is 0 Å². The van der Waals surface area contributed by atoms with Crippen LogP contribution in [-0.2, 0) is 6.54 Å². The highest BCUT2D eigenvalue weighted by atomic mass is 16.5. The molecule has 1 heterocycles. The molecule has 19 heavy (non-hydrogen) atoms. The van der Waals surface area contributed by atoms with Crippen LogP contribution in [0.5, 0.6) is 5.88 Å². The molecule has 0 saturated heterocycles. The molecule has 0 amide bonds. The number of hydrogen-bond acceptors (Lipinski definition) is 3. The summed E-state index contributed by atoms with van der Waals surface area (Å²) in [5, 5.41) is 3.40. The maximum absolute atomic E-state index is 5.59. The summed E-state index contributed by atoms with van der Waals surface area (Å²) in [5.41, 5.74) is 2.29. The number of nitrogens with one attached hydrogen (secondary N) is 1. The topological polar surface area (TPSA) is 34.1 Å². The summed E-state index contributed by atoms with van der Waals surface area (Å²) in [6.07, 6.45) is 0.975. The van der Waals surface area contributed by atoms with Crippen molar-refractivity contribution < 1.29 is 4.74 Å². The Morgan fingerprint density at radius 3 is 2.68 bits per heavy atom. The molecule has 2 aromatic rings. The van der Waals surface area contributed by atoms with Crippen molar-refractivity contribution >= 4 is 0 Å². The van der Waals surface area contributed by atoms with Crippen LogP contribution in [-0.4, -0.2) is 18.1 Å². The van der Waals surface area contributed by atoms with E-state index in [4.69, 9.17) is 4.74 Å². The van der Waals surface area contributed by atoms with Crippen molar-refractivity contribution in [1.29, 1.82) is 0 Å². The fourth-order valence-corrected chi connectivity index (χ4v) is 1.80.